The zero-order chi connectivity index (χ0) is 17.9. The van der Waals surface area contributed by atoms with Crippen molar-refractivity contribution >= 4 is 21.8 Å². The van der Waals surface area contributed by atoms with Crippen LogP contribution in [-0.4, -0.2) is 27.5 Å². The molecule has 0 bridgehead atoms. The van der Waals surface area contributed by atoms with Crippen molar-refractivity contribution in [3.05, 3.63) is 70.5 Å². The van der Waals surface area contributed by atoms with Gasteiger partial charge in [0.25, 0.3) is 5.91 Å². The molecule has 4 rings (SSSR count). The Morgan fingerprint density at radius 1 is 1.08 bits per heavy atom. The highest BCUT2D eigenvalue weighted by Gasteiger charge is 2.32. The third-order valence-electron chi connectivity index (χ3n) is 4.61. The first-order chi connectivity index (χ1) is 12.7. The zero-order valence-corrected chi connectivity index (χ0v) is 15.7. The van der Waals surface area contributed by atoms with Crippen LogP contribution >= 0.6 is 15.9 Å². The van der Waals surface area contributed by atoms with E-state index >= 15 is 0 Å². The number of aromatic nitrogens is 2. The van der Waals surface area contributed by atoms with Crippen molar-refractivity contribution in [2.75, 3.05) is 6.54 Å². The molecule has 1 aliphatic heterocycles. The maximum Gasteiger partial charge on any atom is 0.254 e. The third-order valence-corrected chi connectivity index (χ3v) is 5.14. The van der Waals surface area contributed by atoms with Crippen LogP contribution in [0.25, 0.3) is 11.4 Å². The van der Waals surface area contributed by atoms with Crippen LogP contribution in [0.5, 0.6) is 0 Å². The number of halogens is 1. The summed E-state index contributed by atoms with van der Waals surface area (Å²) < 4.78 is 6.54. The van der Waals surface area contributed by atoms with Gasteiger partial charge in [-0.3, -0.25) is 4.79 Å². The number of rotatable bonds is 3. The SMILES string of the molecule is O=C(c1ccccc1)N1CCCCC1c1nc(-c2ccc(Br)cc2)no1. The highest BCUT2D eigenvalue weighted by Crippen LogP contribution is 2.32. The molecule has 132 valence electrons. The van der Waals surface area contributed by atoms with E-state index in [-0.39, 0.29) is 11.9 Å². The summed E-state index contributed by atoms with van der Waals surface area (Å²) in [6.45, 7) is 0.703. The molecule has 5 nitrogen and oxygen atoms in total. The molecule has 1 unspecified atom stereocenters. The fraction of sp³-hybridized carbons (Fsp3) is 0.250. The van der Waals surface area contributed by atoms with Gasteiger partial charge in [0.05, 0.1) is 0 Å². The van der Waals surface area contributed by atoms with Crippen LogP contribution in [-0.2, 0) is 0 Å². The molecule has 26 heavy (non-hydrogen) atoms. The summed E-state index contributed by atoms with van der Waals surface area (Å²) in [7, 11) is 0. The van der Waals surface area contributed by atoms with Gasteiger partial charge in [0.2, 0.25) is 11.7 Å². The maximum absolute atomic E-state index is 12.9. The van der Waals surface area contributed by atoms with Crippen LogP contribution in [0.2, 0.25) is 0 Å². The average molecular weight is 412 g/mol. The normalized spacial score (nSPS) is 17.3. The Balaban J connectivity index is 1.61. The Hall–Kier alpha value is -2.47. The van der Waals surface area contributed by atoms with E-state index in [1.54, 1.807) is 0 Å². The lowest BCUT2D eigenvalue weighted by Crippen LogP contribution is -2.38. The molecule has 1 aliphatic rings. The van der Waals surface area contributed by atoms with Gasteiger partial charge in [0, 0.05) is 22.1 Å². The van der Waals surface area contributed by atoms with Crippen molar-refractivity contribution < 1.29 is 9.32 Å². The standard InChI is InChI=1S/C20H18BrN3O2/c21-16-11-9-14(10-12-16)18-22-19(26-23-18)17-8-4-5-13-24(17)20(25)15-6-2-1-3-7-15/h1-3,6-7,9-12,17H,4-5,8,13H2. The van der Waals surface area contributed by atoms with E-state index in [0.717, 1.165) is 29.3 Å². The minimum Gasteiger partial charge on any atom is -0.337 e. The first-order valence-corrected chi connectivity index (χ1v) is 9.47. The number of carbonyl (C=O) groups is 1. The molecule has 6 heteroatoms. The van der Waals surface area contributed by atoms with Crippen molar-refractivity contribution in [1.29, 1.82) is 0 Å². The second kappa shape index (κ2) is 7.41. The van der Waals surface area contributed by atoms with E-state index in [9.17, 15) is 4.79 Å². The van der Waals surface area contributed by atoms with Crippen molar-refractivity contribution in [3.8, 4) is 11.4 Å². The zero-order valence-electron chi connectivity index (χ0n) is 14.1. The van der Waals surface area contributed by atoms with E-state index < -0.39 is 0 Å². The molecule has 0 spiro atoms. The van der Waals surface area contributed by atoms with E-state index in [0.29, 0.717) is 23.8 Å². The molecule has 0 N–H and O–H groups in total. The summed E-state index contributed by atoms with van der Waals surface area (Å²) in [4.78, 5) is 19.4. The van der Waals surface area contributed by atoms with Crippen LogP contribution in [0.4, 0.5) is 0 Å². The fourth-order valence-electron chi connectivity index (χ4n) is 3.26. The van der Waals surface area contributed by atoms with Gasteiger partial charge in [0.1, 0.15) is 6.04 Å². The first-order valence-electron chi connectivity index (χ1n) is 8.68. The topological polar surface area (TPSA) is 59.2 Å². The molecule has 1 saturated heterocycles. The van der Waals surface area contributed by atoms with Gasteiger partial charge in [-0.2, -0.15) is 4.98 Å². The predicted molar refractivity (Wildman–Crippen MR) is 102 cm³/mol. The minimum absolute atomic E-state index is 0.0127. The monoisotopic (exact) mass is 411 g/mol. The Morgan fingerprint density at radius 3 is 2.62 bits per heavy atom. The van der Waals surface area contributed by atoms with Gasteiger partial charge in [-0.1, -0.05) is 39.3 Å². The molecular weight excluding hydrogens is 394 g/mol. The summed E-state index contributed by atoms with van der Waals surface area (Å²) in [6.07, 6.45) is 2.86. The number of nitrogens with zero attached hydrogens (tertiary/aromatic N) is 3. The number of likely N-dealkylation sites (tertiary alicyclic amines) is 1. The molecule has 2 aromatic carbocycles. The molecule has 3 aromatic rings. The second-order valence-electron chi connectivity index (χ2n) is 6.34. The maximum atomic E-state index is 12.9. The van der Waals surface area contributed by atoms with Crippen LogP contribution in [0, 0.1) is 0 Å². The highest BCUT2D eigenvalue weighted by molar-refractivity contribution is 9.10. The summed E-state index contributed by atoms with van der Waals surface area (Å²) in [5.74, 6) is 1.07. The third kappa shape index (κ3) is 3.42. The molecule has 1 aromatic heterocycles. The molecule has 0 radical (unpaired) electrons. The largest absolute Gasteiger partial charge is 0.337 e. The van der Waals surface area contributed by atoms with Gasteiger partial charge < -0.3 is 9.42 Å². The molecular formula is C20H18BrN3O2. The Labute approximate surface area is 160 Å². The van der Waals surface area contributed by atoms with E-state index in [1.165, 1.54) is 0 Å². The van der Waals surface area contributed by atoms with Crippen LogP contribution in [0.15, 0.2) is 63.6 Å². The van der Waals surface area contributed by atoms with E-state index in [4.69, 9.17) is 4.52 Å². The fourth-order valence-corrected chi connectivity index (χ4v) is 3.53. The van der Waals surface area contributed by atoms with Crippen molar-refractivity contribution in [3.63, 3.8) is 0 Å². The number of carbonyl (C=O) groups excluding carboxylic acids is 1. The summed E-state index contributed by atoms with van der Waals surface area (Å²) in [6, 6.07) is 16.9. The lowest BCUT2D eigenvalue weighted by Gasteiger charge is -2.33. The van der Waals surface area contributed by atoms with Crippen LogP contribution < -0.4 is 0 Å². The van der Waals surface area contributed by atoms with E-state index in [2.05, 4.69) is 26.1 Å². The lowest BCUT2D eigenvalue weighted by molar-refractivity contribution is 0.0561. The van der Waals surface area contributed by atoms with Crippen molar-refractivity contribution in [2.24, 2.45) is 0 Å². The van der Waals surface area contributed by atoms with Crippen LogP contribution in [0.1, 0.15) is 41.6 Å². The van der Waals surface area contributed by atoms with E-state index in [1.807, 2.05) is 59.5 Å². The summed E-state index contributed by atoms with van der Waals surface area (Å²) >= 11 is 3.42. The quantitative estimate of drug-likeness (QED) is 0.616. The molecule has 2 heterocycles. The van der Waals surface area contributed by atoms with Crippen LogP contribution in [0.3, 0.4) is 0 Å². The molecule has 1 amide bonds. The molecule has 0 aliphatic carbocycles. The van der Waals surface area contributed by atoms with Crippen molar-refractivity contribution in [1.82, 2.24) is 15.0 Å². The summed E-state index contributed by atoms with van der Waals surface area (Å²) in [5, 5.41) is 4.12. The number of hydrogen-bond acceptors (Lipinski definition) is 4. The predicted octanol–water partition coefficient (Wildman–Crippen LogP) is 4.87. The number of amides is 1. The second-order valence-corrected chi connectivity index (χ2v) is 7.25. The van der Waals surface area contributed by atoms with Crippen molar-refractivity contribution in [2.45, 2.75) is 25.3 Å². The Bertz CT molecular complexity index is 893. The smallest absolute Gasteiger partial charge is 0.254 e. The highest BCUT2D eigenvalue weighted by atomic mass is 79.9. The molecule has 1 atom stereocenters. The van der Waals surface area contributed by atoms with Gasteiger partial charge in [0.15, 0.2) is 0 Å². The Kier molecular flexibility index (Phi) is 4.84. The number of benzene rings is 2. The minimum atomic E-state index is -0.173. The average Bonchev–Trinajstić information content (AvgIpc) is 3.19. The first kappa shape index (κ1) is 17.0. The Morgan fingerprint density at radius 2 is 1.85 bits per heavy atom. The van der Waals surface area contributed by atoms with Gasteiger partial charge >= 0.3 is 0 Å². The number of hydrogen-bond donors (Lipinski definition) is 0. The molecule has 1 fully saturated rings. The molecule has 0 saturated carbocycles. The van der Waals surface area contributed by atoms with Gasteiger partial charge in [-0.05, 0) is 55.7 Å². The summed E-state index contributed by atoms with van der Waals surface area (Å²) in [5.41, 5.74) is 1.58. The number of piperidine rings is 1. The lowest BCUT2D eigenvalue weighted by atomic mass is 10.0. The van der Waals surface area contributed by atoms with Gasteiger partial charge in [-0.25, -0.2) is 0 Å². The van der Waals surface area contributed by atoms with Gasteiger partial charge in [-0.15, -0.1) is 0 Å².